The Morgan fingerprint density at radius 3 is 2.52 bits per heavy atom. The van der Waals surface area contributed by atoms with Crippen LogP contribution in [0.3, 0.4) is 0 Å². The highest BCUT2D eigenvalue weighted by Gasteiger charge is 2.21. The number of hydrogen-bond donors (Lipinski definition) is 1. The smallest absolute Gasteiger partial charge is 0.220 e. The second-order valence-electron chi connectivity index (χ2n) is 7.14. The zero-order valence-electron chi connectivity index (χ0n) is 15.9. The van der Waals surface area contributed by atoms with Gasteiger partial charge in [-0.25, -0.2) is 0 Å². The number of carbonyl (C=O) groups excluding carboxylic acids is 1. The van der Waals surface area contributed by atoms with Crippen molar-refractivity contribution < 1.29 is 4.79 Å². The van der Waals surface area contributed by atoms with Crippen molar-refractivity contribution in [2.45, 2.75) is 25.8 Å². The minimum Gasteiger partial charge on any atom is -0.369 e. The van der Waals surface area contributed by atoms with Crippen LogP contribution in [-0.2, 0) is 11.2 Å². The van der Waals surface area contributed by atoms with Crippen LogP contribution in [0.1, 0.15) is 18.9 Å². The highest BCUT2D eigenvalue weighted by Crippen LogP contribution is 2.16. The van der Waals surface area contributed by atoms with Gasteiger partial charge < -0.3 is 10.2 Å². The van der Waals surface area contributed by atoms with Crippen LogP contribution < -0.4 is 10.2 Å². The summed E-state index contributed by atoms with van der Waals surface area (Å²) < 4.78 is 0. The van der Waals surface area contributed by atoms with Crippen LogP contribution in [0.25, 0.3) is 0 Å². The van der Waals surface area contributed by atoms with Crippen molar-refractivity contribution in [3.63, 3.8) is 0 Å². The van der Waals surface area contributed by atoms with Gasteiger partial charge in [-0.1, -0.05) is 41.9 Å². The van der Waals surface area contributed by atoms with Crippen LogP contribution in [0.2, 0.25) is 5.02 Å². The minimum absolute atomic E-state index is 0.102. The predicted octanol–water partition coefficient (Wildman–Crippen LogP) is 3.60. The molecule has 1 heterocycles. The number of nitrogens with zero attached hydrogens (tertiary/aromatic N) is 2. The van der Waals surface area contributed by atoms with Crippen molar-refractivity contribution in [1.29, 1.82) is 0 Å². The third kappa shape index (κ3) is 5.98. The molecule has 1 atom stereocenters. The van der Waals surface area contributed by atoms with E-state index in [0.717, 1.165) is 43.2 Å². The molecule has 0 saturated carbocycles. The number of carbonyl (C=O) groups is 1. The first kappa shape index (κ1) is 19.7. The Hall–Kier alpha value is -2.04. The van der Waals surface area contributed by atoms with Gasteiger partial charge in [-0.15, -0.1) is 0 Å². The number of aryl methyl sites for hydroxylation is 1. The van der Waals surface area contributed by atoms with Crippen molar-refractivity contribution >= 4 is 23.2 Å². The van der Waals surface area contributed by atoms with Gasteiger partial charge in [0.05, 0.1) is 0 Å². The Morgan fingerprint density at radius 2 is 1.81 bits per heavy atom. The van der Waals surface area contributed by atoms with E-state index in [-0.39, 0.29) is 5.91 Å². The molecule has 3 rings (SSSR count). The van der Waals surface area contributed by atoms with Gasteiger partial charge in [0.15, 0.2) is 0 Å². The lowest BCUT2D eigenvalue weighted by Crippen LogP contribution is -2.52. The molecule has 0 bridgehead atoms. The van der Waals surface area contributed by atoms with Crippen molar-refractivity contribution in [2.75, 3.05) is 37.6 Å². The number of para-hydroxylation sites is 1. The molecule has 2 aromatic carbocycles. The summed E-state index contributed by atoms with van der Waals surface area (Å²) in [5, 5.41) is 3.80. The van der Waals surface area contributed by atoms with E-state index in [4.69, 9.17) is 11.6 Å². The lowest BCUT2D eigenvalue weighted by molar-refractivity contribution is -0.121. The number of amides is 1. The highest BCUT2D eigenvalue weighted by atomic mass is 35.5. The number of hydrogen-bond acceptors (Lipinski definition) is 3. The quantitative estimate of drug-likeness (QED) is 0.791. The van der Waals surface area contributed by atoms with E-state index < -0.39 is 0 Å². The molecule has 4 nitrogen and oxygen atoms in total. The summed E-state index contributed by atoms with van der Waals surface area (Å²) in [6.45, 7) is 6.98. The summed E-state index contributed by atoms with van der Waals surface area (Å²) in [5.74, 6) is 0.102. The van der Waals surface area contributed by atoms with Gasteiger partial charge >= 0.3 is 0 Å². The van der Waals surface area contributed by atoms with Crippen LogP contribution in [0.4, 0.5) is 5.69 Å². The summed E-state index contributed by atoms with van der Waals surface area (Å²) in [6, 6.07) is 18.6. The molecule has 0 aromatic heterocycles. The third-order valence-electron chi connectivity index (χ3n) is 5.18. The molecular formula is C22H28ClN3O. The van der Waals surface area contributed by atoms with Crippen LogP contribution in [0.15, 0.2) is 54.6 Å². The number of anilines is 1. The zero-order valence-corrected chi connectivity index (χ0v) is 16.7. The first-order chi connectivity index (χ1) is 13.1. The van der Waals surface area contributed by atoms with Gasteiger partial charge in [-0.2, -0.15) is 0 Å². The average molecular weight is 386 g/mol. The van der Waals surface area contributed by atoms with Crippen molar-refractivity contribution in [1.82, 2.24) is 10.2 Å². The summed E-state index contributed by atoms with van der Waals surface area (Å²) in [5.41, 5.74) is 2.39. The Balaban J connectivity index is 1.37. The minimum atomic E-state index is 0.102. The van der Waals surface area contributed by atoms with Crippen LogP contribution >= 0.6 is 11.6 Å². The number of halogens is 1. The van der Waals surface area contributed by atoms with Crippen molar-refractivity contribution in [2.24, 2.45) is 0 Å². The molecule has 144 valence electrons. The van der Waals surface area contributed by atoms with E-state index in [9.17, 15) is 4.79 Å². The maximum Gasteiger partial charge on any atom is 0.220 e. The van der Waals surface area contributed by atoms with E-state index in [0.29, 0.717) is 19.0 Å². The normalized spacial score (nSPS) is 16.1. The molecular weight excluding hydrogens is 358 g/mol. The number of nitrogens with one attached hydrogen (secondary N) is 1. The molecule has 1 aliphatic rings. The molecule has 27 heavy (non-hydrogen) atoms. The maximum absolute atomic E-state index is 12.2. The van der Waals surface area contributed by atoms with Crippen molar-refractivity contribution in [3.05, 3.63) is 65.2 Å². The predicted molar refractivity (Wildman–Crippen MR) is 112 cm³/mol. The lowest BCUT2D eigenvalue weighted by Gasteiger charge is -2.39. The molecule has 1 N–H and O–H groups in total. The molecule has 1 saturated heterocycles. The first-order valence-corrected chi connectivity index (χ1v) is 10.0. The fourth-order valence-electron chi connectivity index (χ4n) is 3.49. The molecule has 1 aliphatic heterocycles. The molecule has 1 unspecified atom stereocenters. The SMILES string of the molecule is CC(CNC(=O)CCc1cccc(Cl)c1)N1CCN(c2ccccc2)CC1. The Labute approximate surface area is 167 Å². The number of piperazine rings is 1. The van der Waals surface area contributed by atoms with Crippen LogP contribution in [0.5, 0.6) is 0 Å². The van der Waals surface area contributed by atoms with Gasteiger partial charge in [0.25, 0.3) is 0 Å². The molecule has 0 radical (unpaired) electrons. The number of rotatable bonds is 7. The molecule has 1 amide bonds. The van der Waals surface area contributed by atoms with Crippen LogP contribution in [-0.4, -0.2) is 49.6 Å². The summed E-state index contributed by atoms with van der Waals surface area (Å²) >= 11 is 5.99. The Bertz CT molecular complexity index is 729. The fraction of sp³-hybridized carbons (Fsp3) is 0.409. The van der Waals surface area contributed by atoms with Crippen LogP contribution in [0, 0.1) is 0 Å². The van der Waals surface area contributed by atoms with E-state index in [1.807, 2.05) is 24.3 Å². The van der Waals surface area contributed by atoms with Gasteiger partial charge in [0.2, 0.25) is 5.91 Å². The summed E-state index contributed by atoms with van der Waals surface area (Å²) in [6.07, 6.45) is 1.21. The van der Waals surface area contributed by atoms with E-state index >= 15 is 0 Å². The molecule has 0 spiro atoms. The standard InChI is InChI=1S/C22H28ClN3O/c1-18(17-24-22(27)11-10-19-6-5-7-20(23)16-19)25-12-14-26(15-13-25)21-8-3-2-4-9-21/h2-9,16,18H,10-15,17H2,1H3,(H,24,27). The zero-order chi connectivity index (χ0) is 19.1. The molecule has 0 aliphatic carbocycles. The van der Waals surface area contributed by atoms with E-state index in [1.165, 1.54) is 5.69 Å². The lowest BCUT2D eigenvalue weighted by atomic mass is 10.1. The van der Waals surface area contributed by atoms with E-state index in [2.05, 4.69) is 52.4 Å². The second kappa shape index (κ2) is 9.77. The summed E-state index contributed by atoms with van der Waals surface area (Å²) in [7, 11) is 0. The van der Waals surface area contributed by atoms with E-state index in [1.54, 1.807) is 0 Å². The Kier molecular flexibility index (Phi) is 7.13. The third-order valence-corrected chi connectivity index (χ3v) is 5.42. The molecule has 2 aromatic rings. The van der Waals surface area contributed by atoms with Crippen molar-refractivity contribution in [3.8, 4) is 0 Å². The molecule has 1 fully saturated rings. The van der Waals surface area contributed by atoms with Gasteiger partial charge in [-0.3, -0.25) is 9.69 Å². The topological polar surface area (TPSA) is 35.6 Å². The maximum atomic E-state index is 12.2. The fourth-order valence-corrected chi connectivity index (χ4v) is 3.70. The van der Waals surface area contributed by atoms with Gasteiger partial charge in [0, 0.05) is 55.9 Å². The van der Waals surface area contributed by atoms with Gasteiger partial charge in [0.1, 0.15) is 0 Å². The van der Waals surface area contributed by atoms with Gasteiger partial charge in [-0.05, 0) is 43.2 Å². The average Bonchev–Trinajstić information content (AvgIpc) is 2.71. The largest absolute Gasteiger partial charge is 0.369 e. The Morgan fingerprint density at radius 1 is 1.07 bits per heavy atom. The molecule has 5 heteroatoms. The first-order valence-electron chi connectivity index (χ1n) is 9.67. The second-order valence-corrected chi connectivity index (χ2v) is 7.58. The highest BCUT2D eigenvalue weighted by molar-refractivity contribution is 6.30. The number of benzene rings is 2. The monoisotopic (exact) mass is 385 g/mol. The summed E-state index contributed by atoms with van der Waals surface area (Å²) in [4.78, 5) is 17.0.